The number of allylic oxidation sites excluding steroid dienone is 1. The molecule has 0 saturated heterocycles. The molecule has 0 saturated carbocycles. The number of esters is 2. The van der Waals surface area contributed by atoms with Crippen molar-refractivity contribution in [1.82, 2.24) is 5.32 Å². The Kier molecular flexibility index (Phi) is 4.50. The summed E-state index contributed by atoms with van der Waals surface area (Å²) in [5.41, 5.74) is -1.08. The van der Waals surface area contributed by atoms with Crippen LogP contribution in [0.5, 0.6) is 0 Å². The average molecular weight is 297 g/mol. The van der Waals surface area contributed by atoms with E-state index in [2.05, 4.69) is 5.32 Å². The Morgan fingerprint density at radius 2 is 1.71 bits per heavy atom. The maximum absolute atomic E-state index is 12.4. The van der Waals surface area contributed by atoms with Gasteiger partial charge in [-0.1, -0.05) is 0 Å². The van der Waals surface area contributed by atoms with Gasteiger partial charge in [0.1, 0.15) is 0 Å². The van der Waals surface area contributed by atoms with Gasteiger partial charge >= 0.3 is 23.6 Å². The fraction of sp³-hybridized carbons (Fsp3) is 0.643. The number of cyclic esters (lactones) is 1. The van der Waals surface area contributed by atoms with Crippen LogP contribution in [-0.4, -0.2) is 36.8 Å². The summed E-state index contributed by atoms with van der Waals surface area (Å²) in [4.78, 5) is 36.5. The molecule has 1 N–H and O–H groups in total. The standard InChI is InChI=1S/C14H19NO6/c1-3-19-11(16)14(12(17)20-4-2)9-7-5-6-8-10(9)15-13(18)21-14/h3-8H2,1-2H3,(H,15,18). The van der Waals surface area contributed by atoms with Crippen molar-refractivity contribution < 1.29 is 28.6 Å². The van der Waals surface area contributed by atoms with Gasteiger partial charge in [-0.25, -0.2) is 14.4 Å². The van der Waals surface area contributed by atoms with Crippen LogP contribution < -0.4 is 5.32 Å². The third-order valence-corrected chi connectivity index (χ3v) is 3.52. The molecule has 0 radical (unpaired) electrons. The van der Waals surface area contributed by atoms with Crippen molar-refractivity contribution in [3.8, 4) is 0 Å². The van der Waals surface area contributed by atoms with Crippen LogP contribution >= 0.6 is 0 Å². The van der Waals surface area contributed by atoms with E-state index in [1.54, 1.807) is 13.8 Å². The Hall–Kier alpha value is -2.05. The van der Waals surface area contributed by atoms with Gasteiger partial charge in [0, 0.05) is 11.3 Å². The molecule has 1 aliphatic carbocycles. The topological polar surface area (TPSA) is 90.9 Å². The fourth-order valence-corrected chi connectivity index (χ4v) is 2.66. The molecule has 1 heterocycles. The molecular weight excluding hydrogens is 278 g/mol. The zero-order valence-corrected chi connectivity index (χ0v) is 12.2. The van der Waals surface area contributed by atoms with Crippen LogP contribution in [0.3, 0.4) is 0 Å². The molecule has 116 valence electrons. The minimum Gasteiger partial charge on any atom is -0.462 e. The second kappa shape index (κ2) is 6.15. The smallest absolute Gasteiger partial charge is 0.413 e. The van der Waals surface area contributed by atoms with Crippen molar-refractivity contribution in [1.29, 1.82) is 0 Å². The quantitative estimate of drug-likeness (QED) is 0.479. The highest BCUT2D eigenvalue weighted by Crippen LogP contribution is 2.38. The molecule has 2 aliphatic rings. The van der Waals surface area contributed by atoms with E-state index in [0.29, 0.717) is 24.1 Å². The molecule has 0 bridgehead atoms. The van der Waals surface area contributed by atoms with Crippen LogP contribution in [0.1, 0.15) is 39.5 Å². The molecule has 0 fully saturated rings. The van der Waals surface area contributed by atoms with Crippen molar-refractivity contribution in [3.63, 3.8) is 0 Å². The lowest BCUT2D eigenvalue weighted by atomic mass is 9.82. The van der Waals surface area contributed by atoms with E-state index in [4.69, 9.17) is 14.2 Å². The molecular formula is C14H19NO6. The van der Waals surface area contributed by atoms with Crippen molar-refractivity contribution in [2.24, 2.45) is 0 Å². The molecule has 0 aromatic heterocycles. The minimum absolute atomic E-state index is 0.0770. The molecule has 1 aliphatic heterocycles. The molecule has 0 spiro atoms. The van der Waals surface area contributed by atoms with Crippen molar-refractivity contribution >= 4 is 18.0 Å². The SMILES string of the molecule is CCOC(=O)C1(C(=O)OCC)OC(=O)NC2=C1CCCC2. The van der Waals surface area contributed by atoms with Gasteiger partial charge in [0.2, 0.25) is 0 Å². The predicted molar refractivity (Wildman–Crippen MR) is 71.1 cm³/mol. The second-order valence-corrected chi connectivity index (χ2v) is 4.80. The van der Waals surface area contributed by atoms with Crippen LogP contribution in [-0.2, 0) is 23.8 Å². The van der Waals surface area contributed by atoms with Crippen LogP contribution in [0.15, 0.2) is 11.3 Å². The lowest BCUT2D eigenvalue weighted by Crippen LogP contribution is -2.59. The normalized spacial score (nSPS) is 20.0. The Labute approximate surface area is 122 Å². The number of hydrogen-bond acceptors (Lipinski definition) is 6. The number of hydrogen-bond donors (Lipinski definition) is 1. The highest BCUT2D eigenvalue weighted by Gasteiger charge is 2.59. The fourth-order valence-electron chi connectivity index (χ4n) is 2.66. The van der Waals surface area contributed by atoms with Crippen molar-refractivity contribution in [3.05, 3.63) is 11.3 Å². The third kappa shape index (κ3) is 2.59. The summed E-state index contributed by atoms with van der Waals surface area (Å²) in [7, 11) is 0. The van der Waals surface area contributed by atoms with Gasteiger partial charge in [-0.2, -0.15) is 0 Å². The summed E-state index contributed by atoms with van der Waals surface area (Å²) in [5, 5.41) is 2.57. The largest absolute Gasteiger partial charge is 0.462 e. The Morgan fingerprint density at radius 3 is 2.29 bits per heavy atom. The maximum atomic E-state index is 12.4. The van der Waals surface area contributed by atoms with E-state index >= 15 is 0 Å². The number of ether oxygens (including phenoxy) is 3. The Morgan fingerprint density at radius 1 is 1.14 bits per heavy atom. The molecule has 0 atom stereocenters. The number of amides is 1. The first-order valence-electron chi connectivity index (χ1n) is 7.13. The number of nitrogens with one attached hydrogen (secondary N) is 1. The molecule has 2 rings (SSSR count). The lowest BCUT2D eigenvalue weighted by molar-refractivity contribution is -0.179. The van der Waals surface area contributed by atoms with Crippen molar-refractivity contribution in [2.75, 3.05) is 13.2 Å². The molecule has 7 nitrogen and oxygen atoms in total. The highest BCUT2D eigenvalue weighted by atomic mass is 16.6. The van der Waals surface area contributed by atoms with E-state index < -0.39 is 23.6 Å². The molecule has 1 amide bonds. The maximum Gasteiger partial charge on any atom is 0.413 e. The molecule has 21 heavy (non-hydrogen) atoms. The van der Waals surface area contributed by atoms with Gasteiger partial charge in [0.05, 0.1) is 13.2 Å². The van der Waals surface area contributed by atoms with E-state index in [1.165, 1.54) is 0 Å². The third-order valence-electron chi connectivity index (χ3n) is 3.52. The first-order valence-corrected chi connectivity index (χ1v) is 7.13. The van der Waals surface area contributed by atoms with E-state index in [-0.39, 0.29) is 13.2 Å². The molecule has 0 aromatic carbocycles. The zero-order valence-electron chi connectivity index (χ0n) is 12.2. The van der Waals surface area contributed by atoms with Crippen LogP contribution in [0.4, 0.5) is 4.79 Å². The number of carbonyl (C=O) groups is 3. The summed E-state index contributed by atoms with van der Waals surface area (Å²) >= 11 is 0. The summed E-state index contributed by atoms with van der Waals surface area (Å²) in [6.45, 7) is 3.40. The minimum atomic E-state index is -2.09. The van der Waals surface area contributed by atoms with Gasteiger partial charge in [-0.15, -0.1) is 0 Å². The van der Waals surface area contributed by atoms with Crippen LogP contribution in [0.2, 0.25) is 0 Å². The molecule has 0 unspecified atom stereocenters. The van der Waals surface area contributed by atoms with Gasteiger partial charge in [-0.3, -0.25) is 5.32 Å². The van der Waals surface area contributed by atoms with Crippen LogP contribution in [0, 0.1) is 0 Å². The monoisotopic (exact) mass is 297 g/mol. The van der Waals surface area contributed by atoms with E-state index in [9.17, 15) is 14.4 Å². The summed E-state index contributed by atoms with van der Waals surface area (Å²) in [5.74, 6) is -1.79. The number of alkyl carbamates (subject to hydrolysis) is 1. The van der Waals surface area contributed by atoms with Crippen LogP contribution in [0.25, 0.3) is 0 Å². The van der Waals surface area contributed by atoms with E-state index in [0.717, 1.165) is 12.8 Å². The van der Waals surface area contributed by atoms with Crippen molar-refractivity contribution in [2.45, 2.75) is 45.1 Å². The predicted octanol–water partition coefficient (Wildman–Crippen LogP) is 1.42. The first-order chi connectivity index (χ1) is 10.1. The summed E-state index contributed by atoms with van der Waals surface area (Å²) in [6, 6.07) is 0. The Balaban J connectivity index is 2.52. The Bertz CT molecular complexity index is 478. The second-order valence-electron chi connectivity index (χ2n) is 4.80. The number of rotatable bonds is 4. The summed E-state index contributed by atoms with van der Waals surface area (Å²) < 4.78 is 15.1. The first kappa shape index (κ1) is 15.3. The van der Waals surface area contributed by atoms with Gasteiger partial charge in [-0.05, 0) is 39.5 Å². The molecule has 0 aromatic rings. The lowest BCUT2D eigenvalue weighted by Gasteiger charge is -2.37. The summed E-state index contributed by atoms with van der Waals surface area (Å²) in [6.07, 6.45) is 1.91. The van der Waals surface area contributed by atoms with E-state index in [1.807, 2.05) is 0 Å². The highest BCUT2D eigenvalue weighted by molar-refractivity contribution is 6.10. The number of carbonyl (C=O) groups excluding carboxylic acids is 3. The molecule has 7 heteroatoms. The zero-order chi connectivity index (χ0) is 15.5. The average Bonchev–Trinajstić information content (AvgIpc) is 2.46. The van der Waals surface area contributed by atoms with Gasteiger partial charge in [0.15, 0.2) is 0 Å². The van der Waals surface area contributed by atoms with Gasteiger partial charge in [0.25, 0.3) is 0 Å². The van der Waals surface area contributed by atoms with Gasteiger partial charge < -0.3 is 14.2 Å².